The molecule has 0 bridgehead atoms. The van der Waals surface area contributed by atoms with Crippen molar-refractivity contribution in [3.8, 4) is 0 Å². The zero-order chi connectivity index (χ0) is 6.97. The summed E-state index contributed by atoms with van der Waals surface area (Å²) in [4.78, 5) is 3.26. The van der Waals surface area contributed by atoms with Crippen LogP contribution in [0.1, 0.15) is 17.7 Å². The number of rotatable bonds is 0. The molecule has 0 spiro atoms. The van der Waals surface area contributed by atoms with Gasteiger partial charge in [-0.25, -0.2) is 0 Å². The summed E-state index contributed by atoms with van der Waals surface area (Å²) in [7, 11) is 0. The van der Waals surface area contributed by atoms with Crippen molar-refractivity contribution in [2.24, 2.45) is 0 Å². The molecule has 0 radical (unpaired) electrons. The third-order valence-corrected chi connectivity index (χ3v) is 2.06. The first kappa shape index (κ1) is 5.83. The average Bonchev–Trinajstić information content (AvgIpc) is 2.34. The van der Waals surface area contributed by atoms with Gasteiger partial charge in [-0.3, -0.25) is 0 Å². The van der Waals surface area contributed by atoms with Crippen molar-refractivity contribution in [3.63, 3.8) is 0 Å². The lowest BCUT2D eigenvalue weighted by Crippen LogP contribution is -2.10. The molecule has 0 saturated carbocycles. The van der Waals surface area contributed by atoms with Crippen LogP contribution in [0.5, 0.6) is 0 Å². The highest BCUT2D eigenvalue weighted by Gasteiger charge is 2.10. The number of anilines is 1. The number of nitrogens with one attached hydrogen (secondary N) is 2. The fourth-order valence-corrected chi connectivity index (χ4v) is 1.50. The van der Waals surface area contributed by atoms with Gasteiger partial charge >= 0.3 is 0 Å². The summed E-state index contributed by atoms with van der Waals surface area (Å²) < 4.78 is 0. The van der Waals surface area contributed by atoms with Crippen LogP contribution in [-0.2, 0) is 6.42 Å². The van der Waals surface area contributed by atoms with Gasteiger partial charge in [-0.05, 0) is 25.3 Å². The minimum Gasteiger partial charge on any atom is -0.383 e. The molecule has 2 heteroatoms. The topological polar surface area (TPSA) is 27.8 Å². The monoisotopic (exact) mass is 136 g/mol. The van der Waals surface area contributed by atoms with Gasteiger partial charge in [-0.1, -0.05) is 0 Å². The lowest BCUT2D eigenvalue weighted by molar-refractivity contribution is 0.811. The van der Waals surface area contributed by atoms with Gasteiger partial charge in [-0.2, -0.15) is 0 Å². The quantitative estimate of drug-likeness (QED) is 0.558. The number of aryl methyl sites for hydroxylation is 2. The Labute approximate surface area is 60.6 Å². The van der Waals surface area contributed by atoms with E-state index in [9.17, 15) is 0 Å². The maximum Gasteiger partial charge on any atom is 0.0580 e. The highest BCUT2D eigenvalue weighted by atomic mass is 14.9. The molecule has 2 heterocycles. The third-order valence-electron chi connectivity index (χ3n) is 2.06. The Bertz CT molecular complexity index is 237. The van der Waals surface area contributed by atoms with Crippen molar-refractivity contribution in [2.75, 3.05) is 11.9 Å². The molecule has 2 nitrogen and oxygen atoms in total. The molecule has 0 atom stereocenters. The standard InChI is InChI=1S/C8H12N2/c1-6-5-10-7-3-2-4-9-8(6)7/h5,9-10H,2-4H2,1H3. The molecule has 54 valence electrons. The predicted molar refractivity (Wildman–Crippen MR) is 42.3 cm³/mol. The third kappa shape index (κ3) is 0.719. The number of hydrogen-bond acceptors (Lipinski definition) is 1. The molecule has 0 unspecified atom stereocenters. The van der Waals surface area contributed by atoms with E-state index in [1.807, 2.05) is 0 Å². The zero-order valence-electron chi connectivity index (χ0n) is 6.20. The Hall–Kier alpha value is -0.920. The average molecular weight is 136 g/mol. The molecule has 1 aliphatic heterocycles. The van der Waals surface area contributed by atoms with E-state index in [4.69, 9.17) is 0 Å². The Balaban J connectivity index is 2.45. The largest absolute Gasteiger partial charge is 0.383 e. The summed E-state index contributed by atoms with van der Waals surface area (Å²) in [5.74, 6) is 0. The van der Waals surface area contributed by atoms with Gasteiger partial charge in [0.2, 0.25) is 0 Å². The fraction of sp³-hybridized carbons (Fsp3) is 0.500. The maximum absolute atomic E-state index is 3.38. The number of hydrogen-bond donors (Lipinski definition) is 2. The minimum atomic E-state index is 1.13. The van der Waals surface area contributed by atoms with Gasteiger partial charge in [0.1, 0.15) is 0 Å². The van der Waals surface area contributed by atoms with Gasteiger partial charge in [0.05, 0.1) is 5.69 Å². The summed E-state index contributed by atoms with van der Waals surface area (Å²) >= 11 is 0. The van der Waals surface area contributed by atoms with Crippen molar-refractivity contribution in [2.45, 2.75) is 19.8 Å². The van der Waals surface area contributed by atoms with E-state index in [2.05, 4.69) is 23.4 Å². The van der Waals surface area contributed by atoms with E-state index in [0.29, 0.717) is 0 Å². The van der Waals surface area contributed by atoms with Crippen LogP contribution >= 0.6 is 0 Å². The minimum absolute atomic E-state index is 1.13. The number of fused-ring (bicyclic) bond motifs is 1. The van der Waals surface area contributed by atoms with Crippen molar-refractivity contribution >= 4 is 5.69 Å². The normalized spacial score (nSPS) is 16.1. The van der Waals surface area contributed by atoms with Gasteiger partial charge in [0.15, 0.2) is 0 Å². The van der Waals surface area contributed by atoms with Crippen molar-refractivity contribution in [3.05, 3.63) is 17.5 Å². The molecule has 0 saturated heterocycles. The Morgan fingerprint density at radius 3 is 3.20 bits per heavy atom. The number of aromatic amines is 1. The molecule has 0 amide bonds. The molecule has 2 N–H and O–H groups in total. The Morgan fingerprint density at radius 2 is 2.40 bits per heavy atom. The highest BCUT2D eigenvalue weighted by molar-refractivity contribution is 5.56. The first-order chi connectivity index (χ1) is 4.88. The molecular weight excluding hydrogens is 124 g/mol. The summed E-state index contributed by atoms with van der Waals surface area (Å²) in [6, 6.07) is 0. The SMILES string of the molecule is Cc1c[nH]c2c1NCCC2. The van der Waals surface area contributed by atoms with Crippen LogP contribution in [0.2, 0.25) is 0 Å². The lowest BCUT2D eigenvalue weighted by atomic mass is 10.1. The van der Waals surface area contributed by atoms with Gasteiger partial charge in [0, 0.05) is 18.4 Å². The highest BCUT2D eigenvalue weighted by Crippen LogP contribution is 2.23. The second-order valence-electron chi connectivity index (χ2n) is 2.86. The second-order valence-corrected chi connectivity index (χ2v) is 2.86. The van der Waals surface area contributed by atoms with E-state index in [1.54, 1.807) is 0 Å². The summed E-state index contributed by atoms with van der Waals surface area (Å²) in [6.45, 7) is 3.26. The maximum atomic E-state index is 3.38. The van der Waals surface area contributed by atoms with Crippen LogP contribution in [-0.4, -0.2) is 11.5 Å². The molecule has 1 aromatic rings. The van der Waals surface area contributed by atoms with Crippen LogP contribution in [0.4, 0.5) is 5.69 Å². The number of aromatic nitrogens is 1. The van der Waals surface area contributed by atoms with Crippen LogP contribution in [0.3, 0.4) is 0 Å². The summed E-state index contributed by atoms with van der Waals surface area (Å²) in [5, 5.41) is 3.38. The van der Waals surface area contributed by atoms with Crippen LogP contribution in [0.15, 0.2) is 6.20 Å². The van der Waals surface area contributed by atoms with E-state index < -0.39 is 0 Å². The predicted octanol–water partition coefficient (Wildman–Crippen LogP) is 1.68. The summed E-state index contributed by atoms with van der Waals surface area (Å²) in [6.07, 6.45) is 4.53. The van der Waals surface area contributed by atoms with Crippen LogP contribution in [0.25, 0.3) is 0 Å². The molecule has 10 heavy (non-hydrogen) atoms. The Morgan fingerprint density at radius 1 is 1.50 bits per heavy atom. The van der Waals surface area contributed by atoms with Gasteiger partial charge in [-0.15, -0.1) is 0 Å². The molecule has 0 fully saturated rings. The summed E-state index contributed by atoms with van der Waals surface area (Å²) in [5.41, 5.74) is 4.06. The van der Waals surface area contributed by atoms with E-state index in [-0.39, 0.29) is 0 Å². The van der Waals surface area contributed by atoms with Crippen molar-refractivity contribution < 1.29 is 0 Å². The molecule has 0 aromatic carbocycles. The second kappa shape index (κ2) is 2.04. The van der Waals surface area contributed by atoms with Crippen molar-refractivity contribution in [1.29, 1.82) is 0 Å². The van der Waals surface area contributed by atoms with Crippen LogP contribution < -0.4 is 5.32 Å². The van der Waals surface area contributed by atoms with E-state index in [0.717, 1.165) is 6.54 Å². The van der Waals surface area contributed by atoms with Gasteiger partial charge < -0.3 is 10.3 Å². The first-order valence-electron chi connectivity index (χ1n) is 3.78. The molecule has 1 aliphatic rings. The van der Waals surface area contributed by atoms with E-state index in [1.165, 1.54) is 29.8 Å². The first-order valence-corrected chi connectivity index (χ1v) is 3.78. The molecule has 0 aliphatic carbocycles. The fourth-order valence-electron chi connectivity index (χ4n) is 1.50. The van der Waals surface area contributed by atoms with Gasteiger partial charge in [0.25, 0.3) is 0 Å². The van der Waals surface area contributed by atoms with Crippen LogP contribution in [0, 0.1) is 6.92 Å². The Kier molecular flexibility index (Phi) is 1.19. The molecule has 2 rings (SSSR count). The van der Waals surface area contributed by atoms with E-state index >= 15 is 0 Å². The van der Waals surface area contributed by atoms with Crippen molar-refractivity contribution in [1.82, 2.24) is 4.98 Å². The molecular formula is C8H12N2. The molecule has 1 aromatic heterocycles. The zero-order valence-corrected chi connectivity index (χ0v) is 6.20. The lowest BCUT2D eigenvalue weighted by Gasteiger charge is -2.13. The smallest absolute Gasteiger partial charge is 0.0580 e. The number of H-pyrrole nitrogens is 1.